The fourth-order valence-corrected chi connectivity index (χ4v) is 1.99. The Bertz CT molecular complexity index is 300. The molecule has 80 valence electrons. The maximum atomic E-state index is 5.97. The lowest BCUT2D eigenvalue weighted by molar-refractivity contribution is 0.639. The van der Waals surface area contributed by atoms with Crippen LogP contribution in [0.15, 0.2) is 6.07 Å². The van der Waals surface area contributed by atoms with E-state index in [1.54, 1.807) is 0 Å². The minimum absolute atomic E-state index is 0.306. The fraction of sp³-hybridized carbons (Fsp3) is 0.667. The van der Waals surface area contributed by atoms with Crippen LogP contribution in [0.3, 0.4) is 0 Å². The first kappa shape index (κ1) is 11.3. The smallest absolute Gasteiger partial charge is 0.0196 e. The maximum Gasteiger partial charge on any atom is 0.0196 e. The van der Waals surface area contributed by atoms with Gasteiger partial charge in [-0.15, -0.1) is 0 Å². The van der Waals surface area contributed by atoms with E-state index < -0.39 is 0 Å². The molecule has 0 saturated heterocycles. The molecule has 2 nitrogen and oxygen atoms in total. The first-order chi connectivity index (χ1) is 6.60. The Hall–Kier alpha value is -0.760. The molecule has 0 radical (unpaired) electrons. The molecule has 14 heavy (non-hydrogen) atoms. The van der Waals surface area contributed by atoms with Crippen LogP contribution in [0.4, 0.5) is 0 Å². The molecule has 0 aliphatic carbocycles. The van der Waals surface area contributed by atoms with Crippen LogP contribution in [0.2, 0.25) is 0 Å². The molecule has 2 N–H and O–H groups in total. The van der Waals surface area contributed by atoms with Gasteiger partial charge in [0.2, 0.25) is 0 Å². The van der Waals surface area contributed by atoms with Gasteiger partial charge in [-0.3, -0.25) is 0 Å². The highest BCUT2D eigenvalue weighted by Gasteiger charge is 2.09. The molecule has 0 amide bonds. The molecule has 1 aromatic rings. The Morgan fingerprint density at radius 2 is 2.00 bits per heavy atom. The van der Waals surface area contributed by atoms with Crippen molar-refractivity contribution < 1.29 is 0 Å². The van der Waals surface area contributed by atoms with Gasteiger partial charge in [-0.1, -0.05) is 6.92 Å². The summed E-state index contributed by atoms with van der Waals surface area (Å²) in [5.74, 6) is 0. The molecule has 2 heteroatoms. The molecule has 1 rings (SSSR count). The monoisotopic (exact) mass is 194 g/mol. The summed E-state index contributed by atoms with van der Waals surface area (Å²) in [6.45, 7) is 9.73. The molecule has 0 aliphatic rings. The van der Waals surface area contributed by atoms with Crippen LogP contribution in [0.25, 0.3) is 0 Å². The van der Waals surface area contributed by atoms with Gasteiger partial charge in [0.1, 0.15) is 0 Å². The van der Waals surface area contributed by atoms with Crippen LogP contribution in [0.5, 0.6) is 0 Å². The summed E-state index contributed by atoms with van der Waals surface area (Å²) in [6.07, 6.45) is 2.06. The first-order valence-corrected chi connectivity index (χ1v) is 5.51. The third kappa shape index (κ3) is 2.18. The molecule has 0 saturated carbocycles. The summed E-state index contributed by atoms with van der Waals surface area (Å²) >= 11 is 0. The highest BCUT2D eigenvalue weighted by Crippen LogP contribution is 2.16. The molecule has 1 atom stereocenters. The van der Waals surface area contributed by atoms with Gasteiger partial charge in [-0.25, -0.2) is 0 Å². The lowest BCUT2D eigenvalue weighted by Gasteiger charge is -2.09. The normalized spacial score (nSPS) is 13.2. The third-order valence-corrected chi connectivity index (χ3v) is 3.00. The molecule has 0 fully saturated rings. The number of nitrogens with two attached hydrogens (primary N) is 1. The van der Waals surface area contributed by atoms with Crippen molar-refractivity contribution in [2.45, 2.75) is 53.1 Å². The average Bonchev–Trinajstić information content (AvgIpc) is 2.42. The summed E-state index contributed by atoms with van der Waals surface area (Å²) in [6, 6.07) is 2.58. The highest BCUT2D eigenvalue weighted by atomic mass is 15.0. The molecule has 0 spiro atoms. The van der Waals surface area contributed by atoms with Crippen LogP contribution in [0, 0.1) is 13.8 Å². The van der Waals surface area contributed by atoms with Crippen LogP contribution < -0.4 is 5.73 Å². The number of rotatable bonds is 4. The minimum Gasteiger partial charge on any atom is -0.349 e. The zero-order valence-electron chi connectivity index (χ0n) is 9.80. The topological polar surface area (TPSA) is 30.9 Å². The molecule has 1 heterocycles. The van der Waals surface area contributed by atoms with Gasteiger partial charge in [0.05, 0.1) is 0 Å². The van der Waals surface area contributed by atoms with E-state index in [1.165, 1.54) is 17.0 Å². The van der Waals surface area contributed by atoms with Crippen molar-refractivity contribution >= 4 is 0 Å². The third-order valence-electron chi connectivity index (χ3n) is 3.00. The average molecular weight is 194 g/mol. The van der Waals surface area contributed by atoms with E-state index in [0.717, 1.165) is 19.4 Å². The van der Waals surface area contributed by atoms with E-state index in [4.69, 9.17) is 5.73 Å². The van der Waals surface area contributed by atoms with E-state index in [9.17, 15) is 0 Å². The van der Waals surface area contributed by atoms with Crippen molar-refractivity contribution in [1.29, 1.82) is 0 Å². The zero-order chi connectivity index (χ0) is 10.7. The molecule has 0 aromatic carbocycles. The number of aryl methyl sites for hydroxylation is 1. The van der Waals surface area contributed by atoms with Gasteiger partial charge in [-0.2, -0.15) is 0 Å². The summed E-state index contributed by atoms with van der Waals surface area (Å²) < 4.78 is 2.34. The molecular weight excluding hydrogens is 172 g/mol. The zero-order valence-corrected chi connectivity index (χ0v) is 9.80. The van der Waals surface area contributed by atoms with Crippen molar-refractivity contribution in [3.63, 3.8) is 0 Å². The summed E-state index contributed by atoms with van der Waals surface area (Å²) in [5, 5.41) is 0. The Morgan fingerprint density at radius 3 is 2.43 bits per heavy atom. The standard InChI is InChI=1S/C12H22N2/c1-5-12(13)8-11-7-9(3)14(6-2)10(11)4/h7,12H,5-6,8,13H2,1-4H3. The quantitative estimate of drug-likeness (QED) is 0.784. The van der Waals surface area contributed by atoms with Crippen molar-refractivity contribution in [2.75, 3.05) is 0 Å². The van der Waals surface area contributed by atoms with Crippen LogP contribution in [0.1, 0.15) is 37.2 Å². The lowest BCUT2D eigenvalue weighted by atomic mass is 10.1. The highest BCUT2D eigenvalue weighted by molar-refractivity contribution is 5.27. The Kier molecular flexibility index (Phi) is 3.76. The van der Waals surface area contributed by atoms with Gasteiger partial charge >= 0.3 is 0 Å². The lowest BCUT2D eigenvalue weighted by Crippen LogP contribution is -2.21. The van der Waals surface area contributed by atoms with E-state index in [1.807, 2.05) is 0 Å². The predicted molar refractivity (Wildman–Crippen MR) is 61.6 cm³/mol. The van der Waals surface area contributed by atoms with E-state index in [-0.39, 0.29) is 0 Å². The second-order valence-electron chi connectivity index (χ2n) is 4.01. The van der Waals surface area contributed by atoms with Crippen molar-refractivity contribution in [3.8, 4) is 0 Å². The summed E-state index contributed by atoms with van der Waals surface area (Å²) in [5.41, 5.74) is 10.1. The second kappa shape index (κ2) is 4.65. The molecular formula is C12H22N2. The van der Waals surface area contributed by atoms with Crippen LogP contribution in [-0.2, 0) is 13.0 Å². The molecule has 0 aliphatic heterocycles. The van der Waals surface area contributed by atoms with Gasteiger partial charge in [0, 0.05) is 24.0 Å². The SMILES string of the molecule is CCC(N)Cc1cc(C)n(CC)c1C. The molecule has 0 bridgehead atoms. The number of nitrogens with zero attached hydrogens (tertiary/aromatic N) is 1. The van der Waals surface area contributed by atoms with Gasteiger partial charge in [0.25, 0.3) is 0 Å². The van der Waals surface area contributed by atoms with Gasteiger partial charge in [-0.05, 0) is 45.2 Å². The Labute approximate surface area is 87.1 Å². The summed E-state index contributed by atoms with van der Waals surface area (Å²) in [4.78, 5) is 0. The minimum atomic E-state index is 0.306. The first-order valence-electron chi connectivity index (χ1n) is 5.51. The molecule has 1 aromatic heterocycles. The maximum absolute atomic E-state index is 5.97. The predicted octanol–water partition coefficient (Wildman–Crippen LogP) is 2.40. The molecule has 1 unspecified atom stereocenters. The van der Waals surface area contributed by atoms with E-state index in [2.05, 4.69) is 38.3 Å². The Morgan fingerprint density at radius 1 is 1.36 bits per heavy atom. The van der Waals surface area contributed by atoms with E-state index >= 15 is 0 Å². The van der Waals surface area contributed by atoms with E-state index in [0.29, 0.717) is 6.04 Å². The fourth-order valence-electron chi connectivity index (χ4n) is 1.99. The summed E-state index contributed by atoms with van der Waals surface area (Å²) in [7, 11) is 0. The van der Waals surface area contributed by atoms with Crippen LogP contribution in [-0.4, -0.2) is 10.6 Å². The van der Waals surface area contributed by atoms with Crippen molar-refractivity contribution in [2.24, 2.45) is 5.73 Å². The Balaban J connectivity index is 2.88. The number of aromatic nitrogens is 1. The van der Waals surface area contributed by atoms with Crippen LogP contribution >= 0.6 is 0 Å². The van der Waals surface area contributed by atoms with Gasteiger partial charge < -0.3 is 10.3 Å². The number of hydrogen-bond donors (Lipinski definition) is 1. The second-order valence-corrected chi connectivity index (χ2v) is 4.01. The number of hydrogen-bond acceptors (Lipinski definition) is 1. The van der Waals surface area contributed by atoms with Crippen molar-refractivity contribution in [1.82, 2.24) is 4.57 Å². The largest absolute Gasteiger partial charge is 0.349 e. The van der Waals surface area contributed by atoms with Gasteiger partial charge in [0.15, 0.2) is 0 Å². The van der Waals surface area contributed by atoms with Crippen molar-refractivity contribution in [3.05, 3.63) is 23.0 Å².